The largest absolute Gasteiger partial charge is 0.454 e. The van der Waals surface area contributed by atoms with E-state index in [1.807, 2.05) is 6.92 Å². The minimum absolute atomic E-state index is 0.125. The van der Waals surface area contributed by atoms with Gasteiger partial charge in [-0.15, -0.1) is 0 Å². The minimum Gasteiger partial charge on any atom is -0.454 e. The highest BCUT2D eigenvalue weighted by Crippen LogP contribution is 2.42. The Morgan fingerprint density at radius 3 is 2.28 bits per heavy atom. The number of piperazine rings is 1. The van der Waals surface area contributed by atoms with Gasteiger partial charge in [-0.3, -0.25) is 14.4 Å². The summed E-state index contributed by atoms with van der Waals surface area (Å²) in [5, 5.41) is 6.36. The van der Waals surface area contributed by atoms with E-state index in [4.69, 9.17) is 4.74 Å². The number of likely N-dealkylation sites (N-methyl/N-ethyl adjacent to an activating group) is 1. The van der Waals surface area contributed by atoms with Crippen LogP contribution in [0, 0.1) is 12.7 Å². The predicted molar refractivity (Wildman–Crippen MR) is 177 cm³/mol. The Morgan fingerprint density at radius 1 is 0.935 bits per heavy atom. The van der Waals surface area contributed by atoms with Crippen LogP contribution in [0.1, 0.15) is 66.7 Å². The van der Waals surface area contributed by atoms with Gasteiger partial charge in [0.15, 0.2) is 28.9 Å². The molecule has 1 aliphatic carbocycles. The van der Waals surface area contributed by atoms with Crippen molar-refractivity contribution >= 4 is 23.0 Å². The van der Waals surface area contributed by atoms with E-state index in [2.05, 4.69) is 34.1 Å². The van der Waals surface area contributed by atoms with Crippen LogP contribution >= 0.6 is 0 Å². The molecule has 0 radical (unpaired) electrons. The maximum Gasteiger partial charge on any atom is 0.195 e. The Hall–Kier alpha value is -4.60. The van der Waals surface area contributed by atoms with Crippen molar-refractivity contribution in [3.8, 4) is 11.5 Å². The van der Waals surface area contributed by atoms with Gasteiger partial charge in [0, 0.05) is 83.9 Å². The molecule has 238 valence electrons. The molecule has 2 aliphatic heterocycles. The number of nitrogens with zero attached hydrogens (tertiary/aromatic N) is 2. The summed E-state index contributed by atoms with van der Waals surface area (Å²) in [6, 6.07) is 11.2. The Morgan fingerprint density at radius 2 is 1.61 bits per heavy atom. The van der Waals surface area contributed by atoms with Crippen LogP contribution in [-0.4, -0.2) is 80.0 Å². The molecule has 0 spiro atoms. The number of fused-ring (bicyclic) bond motifs is 5. The number of ether oxygens (including phenoxy) is 1. The number of carbonyl (C=O) groups is 3. The molecule has 3 aromatic carbocycles. The molecular formula is C37H39FN4O4. The first kappa shape index (κ1) is 31.4. The van der Waals surface area contributed by atoms with E-state index in [0.29, 0.717) is 52.4 Å². The fourth-order valence-electron chi connectivity index (χ4n) is 6.38. The normalized spacial score (nSPS) is 17.7. The van der Waals surface area contributed by atoms with Gasteiger partial charge in [0.25, 0.3) is 0 Å². The lowest BCUT2D eigenvalue weighted by atomic mass is 9.82. The van der Waals surface area contributed by atoms with E-state index in [0.717, 1.165) is 39.1 Å². The molecule has 0 saturated carbocycles. The topological polar surface area (TPSA) is 91.0 Å². The van der Waals surface area contributed by atoms with Crippen LogP contribution in [0.3, 0.4) is 0 Å². The van der Waals surface area contributed by atoms with Crippen molar-refractivity contribution in [2.24, 2.45) is 0 Å². The molecule has 1 saturated heterocycles. The van der Waals surface area contributed by atoms with Gasteiger partial charge in [0.2, 0.25) is 0 Å². The minimum atomic E-state index is -0.629. The zero-order valence-corrected chi connectivity index (χ0v) is 26.6. The molecule has 2 bridgehead atoms. The second kappa shape index (κ2) is 13.0. The van der Waals surface area contributed by atoms with Crippen LogP contribution in [0.2, 0.25) is 0 Å². The van der Waals surface area contributed by atoms with Gasteiger partial charge in [-0.25, -0.2) is 4.39 Å². The highest BCUT2D eigenvalue weighted by Gasteiger charge is 2.32. The van der Waals surface area contributed by atoms with Crippen molar-refractivity contribution in [2.45, 2.75) is 26.7 Å². The molecule has 0 atom stereocenters. The number of allylic oxidation sites excluding steroid dienone is 2. The highest BCUT2D eigenvalue weighted by atomic mass is 19.1. The molecule has 0 unspecified atom stereocenters. The fourth-order valence-corrected chi connectivity index (χ4v) is 6.38. The van der Waals surface area contributed by atoms with Crippen molar-refractivity contribution in [2.75, 3.05) is 58.2 Å². The summed E-state index contributed by atoms with van der Waals surface area (Å²) in [6.45, 7) is 13.9. The number of rotatable bonds is 8. The maximum atomic E-state index is 15.7. The molecule has 0 amide bonds. The summed E-state index contributed by atoms with van der Waals surface area (Å²) in [7, 11) is 2.13. The Kier molecular flexibility index (Phi) is 8.88. The first-order chi connectivity index (χ1) is 22.2. The third kappa shape index (κ3) is 5.88. The zero-order chi connectivity index (χ0) is 32.5. The molecule has 2 heterocycles. The Balaban J connectivity index is 1.38. The second-order valence-corrected chi connectivity index (χ2v) is 12.1. The van der Waals surface area contributed by atoms with E-state index >= 15 is 4.39 Å². The van der Waals surface area contributed by atoms with Gasteiger partial charge in [0.1, 0.15) is 11.4 Å². The van der Waals surface area contributed by atoms with Crippen LogP contribution in [0.15, 0.2) is 66.4 Å². The van der Waals surface area contributed by atoms with Crippen molar-refractivity contribution in [3.05, 3.63) is 111 Å². The molecule has 0 aromatic heterocycles. The van der Waals surface area contributed by atoms with Gasteiger partial charge in [-0.2, -0.15) is 0 Å². The van der Waals surface area contributed by atoms with Crippen LogP contribution in [0.5, 0.6) is 11.5 Å². The Labute approximate surface area is 268 Å². The van der Waals surface area contributed by atoms with Crippen molar-refractivity contribution in [1.29, 1.82) is 0 Å². The lowest BCUT2D eigenvalue weighted by molar-refractivity contribution is 0.0979. The molecule has 46 heavy (non-hydrogen) atoms. The molecule has 1 fully saturated rings. The zero-order valence-electron chi connectivity index (χ0n) is 26.6. The number of benzene rings is 3. The lowest BCUT2D eigenvalue weighted by Crippen LogP contribution is -2.45. The van der Waals surface area contributed by atoms with E-state index in [1.54, 1.807) is 49.4 Å². The molecule has 8 nitrogen and oxygen atoms in total. The van der Waals surface area contributed by atoms with Crippen molar-refractivity contribution in [3.63, 3.8) is 0 Å². The summed E-state index contributed by atoms with van der Waals surface area (Å²) in [5.41, 5.74) is 3.28. The maximum absolute atomic E-state index is 15.7. The predicted octanol–water partition coefficient (Wildman–Crippen LogP) is 5.54. The number of anilines is 1. The van der Waals surface area contributed by atoms with Crippen LogP contribution in [0.25, 0.3) is 0 Å². The number of Topliss-reactive ketones (excluding diaryl/α,β-unsaturated/α-hetero) is 1. The molecule has 2 N–H and O–H groups in total. The summed E-state index contributed by atoms with van der Waals surface area (Å²) in [5.74, 6) is -1.06. The summed E-state index contributed by atoms with van der Waals surface area (Å²) in [4.78, 5) is 45.9. The van der Waals surface area contributed by atoms with Gasteiger partial charge in [-0.1, -0.05) is 36.9 Å². The van der Waals surface area contributed by atoms with E-state index < -0.39 is 5.82 Å². The van der Waals surface area contributed by atoms with E-state index in [9.17, 15) is 14.4 Å². The number of halogens is 1. The van der Waals surface area contributed by atoms with E-state index in [-0.39, 0.29) is 51.9 Å². The SMILES string of the molecule is C=C(NCCCN1CCN(C)CC1)/C1=C/Cc2cc3c(cc2Oc2c(C)c(cc(F)c2NCC)C1=O)C(=O)c1ccccc1C3=O. The highest BCUT2D eigenvalue weighted by molar-refractivity contribution is 6.28. The number of nitrogens with one attached hydrogen (secondary N) is 2. The number of ketones is 3. The summed E-state index contributed by atoms with van der Waals surface area (Å²) < 4.78 is 22.1. The summed E-state index contributed by atoms with van der Waals surface area (Å²) >= 11 is 0. The van der Waals surface area contributed by atoms with Crippen molar-refractivity contribution < 1.29 is 23.5 Å². The van der Waals surface area contributed by atoms with Gasteiger partial charge < -0.3 is 25.2 Å². The average Bonchev–Trinajstić information content (AvgIpc) is 3.05. The second-order valence-electron chi connectivity index (χ2n) is 12.1. The number of hydrogen-bond acceptors (Lipinski definition) is 8. The molecular weight excluding hydrogens is 583 g/mol. The quantitative estimate of drug-likeness (QED) is 0.248. The monoisotopic (exact) mass is 622 g/mol. The first-order valence-electron chi connectivity index (χ1n) is 15.9. The molecule has 3 aromatic rings. The smallest absolute Gasteiger partial charge is 0.195 e. The fraction of sp³-hybridized carbons (Fsp3) is 0.324. The van der Waals surface area contributed by atoms with Gasteiger partial charge in [-0.05, 0) is 64.0 Å². The summed E-state index contributed by atoms with van der Waals surface area (Å²) in [6.07, 6.45) is 2.84. The lowest BCUT2D eigenvalue weighted by Gasteiger charge is -2.32. The standard InChI is InChI=1S/C37H39FN4O4/c1-5-39-33-31(38)20-28-22(2)37(33)46-32-21-30-29(35(44)26-9-6-7-10-27(26)36(30)45)19-24(32)11-12-25(34(28)43)23(3)40-13-8-14-42-17-15-41(4)16-18-42/h6-7,9-10,12,19-21,39-40H,3,5,8,11,13-18H2,1-2,4H3/b25-12-. The third-order valence-electron chi connectivity index (χ3n) is 9.08. The van der Waals surface area contributed by atoms with Crippen LogP contribution in [-0.2, 0) is 6.42 Å². The number of hydrogen-bond donors (Lipinski definition) is 2. The van der Waals surface area contributed by atoms with Crippen LogP contribution < -0.4 is 15.4 Å². The average molecular weight is 623 g/mol. The van der Waals surface area contributed by atoms with Gasteiger partial charge >= 0.3 is 0 Å². The molecule has 9 heteroatoms. The van der Waals surface area contributed by atoms with Gasteiger partial charge in [0.05, 0.1) is 0 Å². The first-order valence-corrected chi connectivity index (χ1v) is 15.9. The number of carbonyl (C=O) groups excluding carboxylic acids is 3. The molecule has 6 rings (SSSR count). The molecule has 3 aliphatic rings. The van der Waals surface area contributed by atoms with Crippen LogP contribution in [0.4, 0.5) is 10.1 Å². The third-order valence-corrected chi connectivity index (χ3v) is 9.08. The Bertz CT molecular complexity index is 1790. The van der Waals surface area contributed by atoms with E-state index in [1.165, 1.54) is 6.07 Å². The van der Waals surface area contributed by atoms with Crippen molar-refractivity contribution in [1.82, 2.24) is 15.1 Å².